The molecule has 1 fully saturated rings. The molecule has 7 nitrogen and oxygen atoms in total. The molecule has 0 bridgehead atoms. The molecule has 0 amide bonds. The van der Waals surface area contributed by atoms with Gasteiger partial charge in [-0.3, -0.25) is 13.9 Å². The van der Waals surface area contributed by atoms with E-state index in [-0.39, 0.29) is 6.54 Å². The molecular weight excluding hydrogens is 385 g/mol. The van der Waals surface area contributed by atoms with Crippen molar-refractivity contribution < 1.29 is 4.39 Å². The highest BCUT2D eigenvalue weighted by molar-refractivity contribution is 5.81. The molecule has 3 aromatic rings. The number of nitrogens with zero attached hydrogens (tertiary/aromatic N) is 5. The first-order valence-electron chi connectivity index (χ1n) is 10.0. The van der Waals surface area contributed by atoms with Crippen molar-refractivity contribution in [3.63, 3.8) is 0 Å². The Labute approximate surface area is 173 Å². The Morgan fingerprint density at radius 3 is 2.67 bits per heavy atom. The smallest absolute Gasteiger partial charge is 0.331 e. The minimum absolute atomic E-state index is 0.164. The third-order valence-corrected chi connectivity index (χ3v) is 5.99. The first-order valence-corrected chi connectivity index (χ1v) is 10.0. The second kappa shape index (κ2) is 7.48. The van der Waals surface area contributed by atoms with Crippen molar-refractivity contribution in [2.24, 2.45) is 20.0 Å². The molecule has 0 unspecified atom stereocenters. The van der Waals surface area contributed by atoms with Gasteiger partial charge in [0.15, 0.2) is 0 Å². The van der Waals surface area contributed by atoms with Crippen LogP contribution in [0.1, 0.15) is 30.9 Å². The van der Waals surface area contributed by atoms with Gasteiger partial charge in [-0.25, -0.2) is 9.18 Å². The highest BCUT2D eigenvalue weighted by Gasteiger charge is 2.24. The molecule has 0 spiro atoms. The van der Waals surface area contributed by atoms with Gasteiger partial charge in [-0.15, -0.1) is 0 Å². The second-order valence-electron chi connectivity index (χ2n) is 8.13. The van der Waals surface area contributed by atoms with Gasteiger partial charge in [-0.05, 0) is 42.5 Å². The average molecular weight is 409 g/mol. The van der Waals surface area contributed by atoms with Crippen LogP contribution in [0.4, 0.5) is 10.2 Å². The molecule has 0 aliphatic carbocycles. The molecule has 1 aliphatic heterocycles. The van der Waals surface area contributed by atoms with Gasteiger partial charge in [0.1, 0.15) is 17.2 Å². The molecule has 156 valence electrons. The zero-order chi connectivity index (χ0) is 21.6. The topological polar surface area (TPSA) is 76.0 Å². The maximum atomic E-state index is 14.0. The summed E-state index contributed by atoms with van der Waals surface area (Å²) >= 11 is 0. The van der Waals surface area contributed by atoms with Crippen molar-refractivity contribution in [3.8, 4) is 6.07 Å². The first kappa shape index (κ1) is 20.0. The molecule has 1 saturated heterocycles. The van der Waals surface area contributed by atoms with Crippen LogP contribution in [0, 0.1) is 23.1 Å². The summed E-state index contributed by atoms with van der Waals surface area (Å²) < 4.78 is 18.3. The summed E-state index contributed by atoms with van der Waals surface area (Å²) in [5.74, 6) is 0.873. The summed E-state index contributed by atoms with van der Waals surface area (Å²) in [7, 11) is 3.09. The summed E-state index contributed by atoms with van der Waals surface area (Å²) in [6.07, 6.45) is 2.17. The maximum Gasteiger partial charge on any atom is 0.331 e. The predicted molar refractivity (Wildman–Crippen MR) is 113 cm³/mol. The fraction of sp³-hybridized carbons (Fsp3) is 0.409. The third-order valence-electron chi connectivity index (χ3n) is 5.99. The Morgan fingerprint density at radius 2 is 1.97 bits per heavy atom. The lowest BCUT2D eigenvalue weighted by Gasteiger charge is -2.33. The summed E-state index contributed by atoms with van der Waals surface area (Å²) in [5.41, 5.74) is 0.966. The van der Waals surface area contributed by atoms with Crippen LogP contribution < -0.4 is 16.1 Å². The van der Waals surface area contributed by atoms with Crippen LogP contribution in [0.25, 0.3) is 11.0 Å². The summed E-state index contributed by atoms with van der Waals surface area (Å²) in [6, 6.07) is 8.01. The number of nitriles is 1. The van der Waals surface area contributed by atoms with Crippen LogP contribution in [-0.4, -0.2) is 26.8 Å². The number of rotatable bonds is 3. The van der Waals surface area contributed by atoms with E-state index >= 15 is 0 Å². The van der Waals surface area contributed by atoms with Crippen molar-refractivity contribution >= 4 is 16.9 Å². The summed E-state index contributed by atoms with van der Waals surface area (Å²) in [5, 5.41) is 9.48. The van der Waals surface area contributed by atoms with Crippen LogP contribution in [0.5, 0.6) is 0 Å². The number of aryl methyl sites for hydroxylation is 1. The van der Waals surface area contributed by atoms with Crippen molar-refractivity contribution in [1.29, 1.82) is 5.26 Å². The molecule has 1 aromatic carbocycles. The van der Waals surface area contributed by atoms with E-state index in [0.29, 0.717) is 28.1 Å². The SMILES string of the molecule is C[C@H]1CCCN(c2cc3c(c(=O)n(C)c(=O)n3C)n2Cc2cc(F)ccc2C#N)C1. The number of benzene rings is 1. The van der Waals surface area contributed by atoms with Gasteiger partial charge in [0.25, 0.3) is 5.56 Å². The van der Waals surface area contributed by atoms with E-state index in [2.05, 4.69) is 17.9 Å². The molecule has 0 N–H and O–H groups in total. The largest absolute Gasteiger partial charge is 0.358 e. The van der Waals surface area contributed by atoms with Gasteiger partial charge in [0, 0.05) is 33.3 Å². The number of piperidine rings is 1. The van der Waals surface area contributed by atoms with Gasteiger partial charge in [0.2, 0.25) is 0 Å². The molecule has 2 aromatic heterocycles. The average Bonchev–Trinajstić information content (AvgIpc) is 3.10. The summed E-state index contributed by atoms with van der Waals surface area (Å²) in [4.78, 5) is 27.7. The maximum absolute atomic E-state index is 14.0. The highest BCUT2D eigenvalue weighted by atomic mass is 19.1. The van der Waals surface area contributed by atoms with Crippen LogP contribution in [-0.2, 0) is 20.6 Å². The van der Waals surface area contributed by atoms with Crippen molar-refractivity contribution in [2.45, 2.75) is 26.3 Å². The number of hydrogen-bond donors (Lipinski definition) is 0. The van der Waals surface area contributed by atoms with Crippen molar-refractivity contribution in [3.05, 3.63) is 62.0 Å². The summed E-state index contributed by atoms with van der Waals surface area (Å²) in [6.45, 7) is 4.02. The quantitative estimate of drug-likeness (QED) is 0.665. The molecule has 3 heterocycles. The zero-order valence-electron chi connectivity index (χ0n) is 17.4. The van der Waals surface area contributed by atoms with Gasteiger partial charge in [-0.1, -0.05) is 6.92 Å². The molecule has 4 rings (SSSR count). The van der Waals surface area contributed by atoms with E-state index in [9.17, 15) is 19.2 Å². The first-order chi connectivity index (χ1) is 14.3. The lowest BCUT2D eigenvalue weighted by Crippen LogP contribution is -2.38. The predicted octanol–water partition coefficient (Wildman–Crippen LogP) is 2.33. The zero-order valence-corrected chi connectivity index (χ0v) is 17.4. The molecule has 30 heavy (non-hydrogen) atoms. The number of anilines is 1. The van der Waals surface area contributed by atoms with Gasteiger partial charge in [0.05, 0.1) is 23.7 Å². The number of halogens is 1. The number of fused-ring (bicyclic) bond motifs is 1. The Hall–Kier alpha value is -3.34. The van der Waals surface area contributed by atoms with Crippen LogP contribution in [0.2, 0.25) is 0 Å². The van der Waals surface area contributed by atoms with E-state index in [0.717, 1.165) is 36.3 Å². The fourth-order valence-electron chi connectivity index (χ4n) is 4.37. The van der Waals surface area contributed by atoms with Crippen molar-refractivity contribution in [2.75, 3.05) is 18.0 Å². The number of hydrogen-bond acceptors (Lipinski definition) is 4. The lowest BCUT2D eigenvalue weighted by atomic mass is 10.0. The fourth-order valence-corrected chi connectivity index (χ4v) is 4.37. The van der Waals surface area contributed by atoms with Crippen molar-refractivity contribution in [1.82, 2.24) is 13.7 Å². The normalized spacial score (nSPS) is 16.8. The Bertz CT molecular complexity index is 1290. The Morgan fingerprint density at radius 1 is 1.20 bits per heavy atom. The van der Waals surface area contributed by atoms with Crippen LogP contribution in [0.15, 0.2) is 33.9 Å². The minimum Gasteiger partial charge on any atom is -0.358 e. The van der Waals surface area contributed by atoms with Gasteiger partial charge in [-0.2, -0.15) is 5.26 Å². The molecule has 1 aliphatic rings. The highest BCUT2D eigenvalue weighted by Crippen LogP contribution is 2.29. The minimum atomic E-state index is -0.436. The third kappa shape index (κ3) is 3.20. The monoisotopic (exact) mass is 409 g/mol. The standard InChI is InChI=1S/C22H24FN5O2/c1-14-5-4-8-27(12-14)19-10-18-20(21(29)26(3)22(30)25(18)2)28(19)13-16-9-17(23)7-6-15(16)11-24/h6-7,9-10,14H,4-5,8,12-13H2,1-3H3/t14-/m0/s1. The van der Waals surface area contributed by atoms with Gasteiger partial charge < -0.3 is 9.47 Å². The molecule has 0 radical (unpaired) electrons. The molecule has 1 atom stereocenters. The van der Waals surface area contributed by atoms with Gasteiger partial charge >= 0.3 is 5.69 Å². The molecular formula is C22H24FN5O2. The Kier molecular flexibility index (Phi) is 4.98. The van der Waals surface area contributed by atoms with E-state index < -0.39 is 17.1 Å². The van der Waals surface area contributed by atoms with E-state index in [1.54, 1.807) is 7.05 Å². The lowest BCUT2D eigenvalue weighted by molar-refractivity contribution is 0.441. The number of aromatic nitrogens is 3. The van der Waals surface area contributed by atoms with E-state index in [1.807, 2.05) is 10.6 Å². The molecule has 0 saturated carbocycles. The Balaban J connectivity index is 2.00. The van der Waals surface area contributed by atoms with E-state index in [1.165, 1.54) is 29.8 Å². The second-order valence-corrected chi connectivity index (χ2v) is 8.13. The van der Waals surface area contributed by atoms with Crippen LogP contribution >= 0.6 is 0 Å². The molecule has 8 heteroatoms. The van der Waals surface area contributed by atoms with Crippen LogP contribution in [0.3, 0.4) is 0 Å². The van der Waals surface area contributed by atoms with E-state index in [4.69, 9.17) is 0 Å².